The molecular formula is C63H46N2. The highest BCUT2D eigenvalue weighted by Gasteiger charge is 2.45. The molecule has 9 aromatic carbocycles. The molecule has 13 rings (SSSR count). The fraction of sp³-hybridized carbons (Fsp3) is 0.0794. The Bertz CT molecular complexity index is 3520. The number of fused-ring (bicyclic) bond motifs is 9. The molecule has 2 aliphatic carbocycles. The summed E-state index contributed by atoms with van der Waals surface area (Å²) in [5.74, 6) is 0. The van der Waals surface area contributed by atoms with Crippen molar-refractivity contribution in [2.45, 2.75) is 31.1 Å². The minimum absolute atomic E-state index is 0.441. The molecule has 0 spiro atoms. The van der Waals surface area contributed by atoms with Gasteiger partial charge in [-0.2, -0.15) is 0 Å². The summed E-state index contributed by atoms with van der Waals surface area (Å²) in [5, 5.41) is 3.94. The average molecular weight is 831 g/mol. The van der Waals surface area contributed by atoms with E-state index in [0.717, 1.165) is 25.7 Å². The van der Waals surface area contributed by atoms with Gasteiger partial charge in [0, 0.05) is 33.2 Å². The van der Waals surface area contributed by atoms with Crippen LogP contribution in [0.15, 0.2) is 224 Å². The van der Waals surface area contributed by atoms with Crippen molar-refractivity contribution in [2.24, 2.45) is 0 Å². The Hall–Kier alpha value is -7.94. The highest BCUT2D eigenvalue weighted by Crippen LogP contribution is 2.56. The first kappa shape index (κ1) is 37.6. The number of para-hydroxylation sites is 3. The molecule has 0 bridgehead atoms. The van der Waals surface area contributed by atoms with Gasteiger partial charge in [-0.25, -0.2) is 0 Å². The molecule has 0 amide bonds. The van der Waals surface area contributed by atoms with Crippen molar-refractivity contribution in [3.63, 3.8) is 0 Å². The molecule has 0 aliphatic heterocycles. The van der Waals surface area contributed by atoms with Gasteiger partial charge in [0.1, 0.15) is 0 Å². The van der Waals surface area contributed by atoms with Gasteiger partial charge >= 0.3 is 0 Å². The number of benzene rings is 9. The van der Waals surface area contributed by atoms with E-state index in [-0.39, 0.29) is 0 Å². The fourth-order valence-electron chi connectivity index (χ4n) is 11.4. The number of nitrogens with zero attached hydrogens (tertiary/aromatic N) is 2. The average Bonchev–Trinajstić information content (AvgIpc) is 4.00. The third-order valence-electron chi connectivity index (χ3n) is 14.4. The zero-order valence-corrected chi connectivity index (χ0v) is 36.2. The highest BCUT2D eigenvalue weighted by molar-refractivity contribution is 6.09. The second-order valence-corrected chi connectivity index (χ2v) is 17.9. The van der Waals surface area contributed by atoms with Crippen LogP contribution in [0.1, 0.15) is 62.2 Å². The number of aromatic nitrogens is 2. The first-order valence-corrected chi connectivity index (χ1v) is 23.1. The van der Waals surface area contributed by atoms with Crippen LogP contribution in [0, 0.1) is 0 Å². The Labute approximate surface area is 380 Å². The summed E-state index contributed by atoms with van der Waals surface area (Å²) in [6.07, 6.45) is 8.56. The Kier molecular flexibility index (Phi) is 8.74. The third kappa shape index (κ3) is 5.94. The summed E-state index contributed by atoms with van der Waals surface area (Å²) >= 11 is 0. The zero-order valence-electron chi connectivity index (χ0n) is 36.2. The van der Waals surface area contributed by atoms with E-state index in [0.29, 0.717) is 0 Å². The Balaban J connectivity index is 0.812. The van der Waals surface area contributed by atoms with Crippen LogP contribution in [0.4, 0.5) is 0 Å². The molecule has 65 heavy (non-hydrogen) atoms. The molecule has 0 unspecified atom stereocenters. The smallest absolute Gasteiger partial charge is 0.0713 e. The van der Waals surface area contributed by atoms with Gasteiger partial charge in [-0.15, -0.1) is 0 Å². The molecular weight excluding hydrogens is 785 g/mol. The lowest BCUT2D eigenvalue weighted by atomic mass is 9.67. The van der Waals surface area contributed by atoms with Crippen LogP contribution in [0.3, 0.4) is 0 Å². The molecule has 0 radical (unpaired) electrons. The van der Waals surface area contributed by atoms with Crippen molar-refractivity contribution in [2.75, 3.05) is 0 Å². The van der Waals surface area contributed by atoms with Crippen LogP contribution in [-0.2, 0) is 24.7 Å². The summed E-state index contributed by atoms with van der Waals surface area (Å²) in [5.41, 5.74) is 21.6. The number of rotatable bonds is 8. The maximum atomic E-state index is 2.44. The molecule has 2 aromatic heterocycles. The topological polar surface area (TPSA) is 9.86 Å². The largest absolute Gasteiger partial charge is 0.310 e. The summed E-state index contributed by atoms with van der Waals surface area (Å²) in [4.78, 5) is 0. The van der Waals surface area contributed by atoms with Gasteiger partial charge in [0.25, 0.3) is 0 Å². The first-order chi connectivity index (χ1) is 32.2. The van der Waals surface area contributed by atoms with Crippen LogP contribution in [0.2, 0.25) is 0 Å². The minimum atomic E-state index is -0.441. The van der Waals surface area contributed by atoms with E-state index in [9.17, 15) is 0 Å². The van der Waals surface area contributed by atoms with E-state index in [1.165, 1.54) is 111 Å². The lowest BCUT2D eigenvalue weighted by molar-refractivity contribution is 0.767. The second-order valence-electron chi connectivity index (χ2n) is 17.9. The van der Waals surface area contributed by atoms with Gasteiger partial charge in [0.15, 0.2) is 0 Å². The predicted octanol–water partition coefficient (Wildman–Crippen LogP) is 15.2. The predicted molar refractivity (Wildman–Crippen MR) is 271 cm³/mol. The van der Waals surface area contributed by atoms with Crippen LogP contribution < -0.4 is 0 Å². The number of allylic oxidation sites excluding steroid dienone is 1. The van der Waals surface area contributed by atoms with Crippen molar-refractivity contribution >= 4 is 38.8 Å². The molecule has 308 valence electrons. The summed E-state index contributed by atoms with van der Waals surface area (Å²) < 4.78 is 4.83. The summed E-state index contributed by atoms with van der Waals surface area (Å²) in [6, 6.07) is 81.7. The third-order valence-corrected chi connectivity index (χ3v) is 14.4. The monoisotopic (exact) mass is 830 g/mol. The standard InChI is InChI=1S/C63H46N2/c1-7-19-57-51(13-1)52-14-2-8-20-58(52)63(57,47-33-25-43(26-34-47)41-45-29-37-49(38-30-45)64-59-21-9-3-15-53(59)54-16-4-10-22-60(54)64)48-35-27-44(28-36-48)42-46-31-39-50(40-32-46)65-61-23-11-5-17-55(61)56-18-6-12-24-62(56)65/h1-5,7-17,19-40H,6,18,41-42H2. The molecule has 0 saturated carbocycles. The van der Waals surface area contributed by atoms with Gasteiger partial charge < -0.3 is 9.13 Å². The van der Waals surface area contributed by atoms with Crippen LogP contribution in [0.25, 0.3) is 61.3 Å². The molecule has 0 fully saturated rings. The van der Waals surface area contributed by atoms with Crippen molar-refractivity contribution in [3.8, 4) is 22.5 Å². The van der Waals surface area contributed by atoms with Crippen molar-refractivity contribution in [1.82, 2.24) is 9.13 Å². The van der Waals surface area contributed by atoms with Gasteiger partial charge in [0.2, 0.25) is 0 Å². The molecule has 2 aliphatic rings. The van der Waals surface area contributed by atoms with Crippen molar-refractivity contribution in [1.29, 1.82) is 0 Å². The Morgan fingerprint density at radius 2 is 0.769 bits per heavy atom. The lowest BCUT2D eigenvalue weighted by Crippen LogP contribution is -2.28. The molecule has 2 heteroatoms. The quantitative estimate of drug-likeness (QED) is 0.144. The van der Waals surface area contributed by atoms with E-state index in [2.05, 4.69) is 240 Å². The van der Waals surface area contributed by atoms with Gasteiger partial charge in [0.05, 0.1) is 22.0 Å². The first-order valence-electron chi connectivity index (χ1n) is 23.1. The molecule has 2 nitrogen and oxygen atoms in total. The Morgan fingerprint density at radius 3 is 1.28 bits per heavy atom. The SMILES string of the molecule is C1=Cc2c(c3ccccc3n2-c2ccc(Cc3ccc(C4(c5ccc(Cc6ccc(-n7c8ccccc8c8ccccc87)cc6)cc5)c5ccccc5-c5ccccc54)cc3)cc2)CC1. The molecule has 0 atom stereocenters. The van der Waals surface area contributed by atoms with Crippen molar-refractivity contribution in [3.05, 3.63) is 280 Å². The number of hydrogen-bond acceptors (Lipinski definition) is 0. The van der Waals surface area contributed by atoms with Crippen LogP contribution in [0.5, 0.6) is 0 Å². The summed E-state index contributed by atoms with van der Waals surface area (Å²) in [7, 11) is 0. The van der Waals surface area contributed by atoms with E-state index < -0.39 is 5.41 Å². The molecule has 2 heterocycles. The fourth-order valence-corrected chi connectivity index (χ4v) is 11.4. The molecule has 0 N–H and O–H groups in total. The highest BCUT2D eigenvalue weighted by atomic mass is 15.0. The molecule has 0 saturated heterocycles. The van der Waals surface area contributed by atoms with E-state index in [4.69, 9.17) is 0 Å². The van der Waals surface area contributed by atoms with Gasteiger partial charge in [-0.05, 0) is 135 Å². The Morgan fingerprint density at radius 1 is 0.369 bits per heavy atom. The normalized spacial score (nSPS) is 13.6. The summed E-state index contributed by atoms with van der Waals surface area (Å²) in [6.45, 7) is 0. The van der Waals surface area contributed by atoms with Crippen LogP contribution >= 0.6 is 0 Å². The lowest BCUT2D eigenvalue weighted by Gasteiger charge is -2.34. The maximum absolute atomic E-state index is 2.44. The maximum Gasteiger partial charge on any atom is 0.0713 e. The van der Waals surface area contributed by atoms with E-state index >= 15 is 0 Å². The van der Waals surface area contributed by atoms with Gasteiger partial charge in [-0.1, -0.05) is 182 Å². The molecule has 11 aromatic rings. The van der Waals surface area contributed by atoms with Gasteiger partial charge in [-0.3, -0.25) is 0 Å². The van der Waals surface area contributed by atoms with E-state index in [1.807, 2.05) is 0 Å². The van der Waals surface area contributed by atoms with Crippen LogP contribution in [-0.4, -0.2) is 9.13 Å². The zero-order chi connectivity index (χ0) is 42.9. The number of aryl methyl sites for hydroxylation is 1. The number of hydrogen-bond donors (Lipinski definition) is 0. The van der Waals surface area contributed by atoms with E-state index in [1.54, 1.807) is 0 Å². The second kappa shape index (κ2) is 15.1. The minimum Gasteiger partial charge on any atom is -0.310 e. The van der Waals surface area contributed by atoms with Crippen molar-refractivity contribution < 1.29 is 0 Å².